The topological polar surface area (TPSA) is 62.7 Å². The molecule has 20 heavy (non-hydrogen) atoms. The van der Waals surface area contributed by atoms with Gasteiger partial charge in [-0.2, -0.15) is 0 Å². The molecule has 1 aromatic heterocycles. The van der Waals surface area contributed by atoms with Gasteiger partial charge in [-0.1, -0.05) is 20.8 Å². The first kappa shape index (κ1) is 16.4. The van der Waals surface area contributed by atoms with Gasteiger partial charge in [0.2, 0.25) is 0 Å². The van der Waals surface area contributed by atoms with Crippen LogP contribution in [0.2, 0.25) is 0 Å². The van der Waals surface area contributed by atoms with Crippen molar-refractivity contribution in [3.63, 3.8) is 0 Å². The van der Waals surface area contributed by atoms with Crippen LogP contribution in [0, 0.1) is 0 Å². The highest BCUT2D eigenvalue weighted by molar-refractivity contribution is 5.88. The van der Waals surface area contributed by atoms with Gasteiger partial charge in [-0.15, -0.1) is 0 Å². The van der Waals surface area contributed by atoms with E-state index in [0.29, 0.717) is 19.0 Å². The average Bonchev–Trinajstić information content (AvgIpc) is 2.38. The van der Waals surface area contributed by atoms with Crippen LogP contribution in [0.5, 0.6) is 0 Å². The molecule has 0 spiro atoms. The smallest absolute Gasteiger partial charge is 0.335 e. The van der Waals surface area contributed by atoms with Crippen molar-refractivity contribution in [3.05, 3.63) is 23.4 Å². The summed E-state index contributed by atoms with van der Waals surface area (Å²) < 4.78 is 5.09. The Morgan fingerprint density at radius 3 is 2.50 bits per heavy atom. The summed E-state index contributed by atoms with van der Waals surface area (Å²) in [6.07, 6.45) is 0. The summed E-state index contributed by atoms with van der Waals surface area (Å²) in [6.45, 7) is 10.1. The molecule has 112 valence electrons. The van der Waals surface area contributed by atoms with Crippen molar-refractivity contribution >= 4 is 11.8 Å². The van der Waals surface area contributed by atoms with E-state index in [1.54, 1.807) is 19.2 Å². The van der Waals surface area contributed by atoms with Crippen molar-refractivity contribution in [3.8, 4) is 0 Å². The molecule has 0 bridgehead atoms. The maximum absolute atomic E-state index is 11.3. The number of nitrogens with zero attached hydrogens (tertiary/aromatic N) is 2. The molecule has 0 saturated heterocycles. The molecule has 0 aliphatic carbocycles. The van der Waals surface area contributed by atoms with Gasteiger partial charge in [-0.05, 0) is 19.1 Å². The Hall–Kier alpha value is -1.62. The minimum Gasteiger partial charge on any atom is -0.478 e. The van der Waals surface area contributed by atoms with Crippen LogP contribution in [-0.2, 0) is 10.2 Å². The van der Waals surface area contributed by atoms with Gasteiger partial charge in [0.15, 0.2) is 0 Å². The van der Waals surface area contributed by atoms with E-state index in [2.05, 4.69) is 4.98 Å². The predicted octanol–water partition coefficient (Wildman–Crippen LogP) is 2.55. The second kappa shape index (κ2) is 6.70. The molecule has 0 aliphatic heterocycles. The Morgan fingerprint density at radius 1 is 1.40 bits per heavy atom. The van der Waals surface area contributed by atoms with Crippen molar-refractivity contribution in [2.45, 2.75) is 33.1 Å². The van der Waals surface area contributed by atoms with Gasteiger partial charge in [0.1, 0.15) is 5.82 Å². The highest BCUT2D eigenvalue weighted by Crippen LogP contribution is 2.25. The number of rotatable bonds is 6. The molecule has 0 amide bonds. The number of anilines is 1. The summed E-state index contributed by atoms with van der Waals surface area (Å²) >= 11 is 0. The molecule has 1 aromatic rings. The first-order chi connectivity index (χ1) is 9.29. The average molecular weight is 280 g/mol. The Kier molecular flexibility index (Phi) is 5.51. The number of carbonyl (C=O) groups is 1. The molecule has 1 heterocycles. The van der Waals surface area contributed by atoms with Crippen molar-refractivity contribution in [1.82, 2.24) is 4.98 Å². The van der Waals surface area contributed by atoms with Gasteiger partial charge in [0.25, 0.3) is 0 Å². The fourth-order valence-corrected chi connectivity index (χ4v) is 1.82. The number of aromatic carboxylic acids is 1. The minimum atomic E-state index is -0.929. The first-order valence-electron chi connectivity index (χ1n) is 6.79. The number of methoxy groups -OCH3 is 1. The van der Waals surface area contributed by atoms with Gasteiger partial charge >= 0.3 is 5.97 Å². The lowest BCUT2D eigenvalue weighted by Gasteiger charge is -2.25. The molecule has 5 nitrogen and oxygen atoms in total. The summed E-state index contributed by atoms with van der Waals surface area (Å²) in [7, 11) is 1.65. The van der Waals surface area contributed by atoms with Crippen molar-refractivity contribution in [1.29, 1.82) is 0 Å². The third-order valence-corrected chi connectivity index (χ3v) is 3.10. The summed E-state index contributed by atoms with van der Waals surface area (Å²) in [6, 6.07) is 3.27. The van der Waals surface area contributed by atoms with Crippen LogP contribution in [0.4, 0.5) is 5.82 Å². The molecular formula is C15H24N2O3. The lowest BCUT2D eigenvalue weighted by Crippen LogP contribution is -2.29. The van der Waals surface area contributed by atoms with Crippen LogP contribution >= 0.6 is 0 Å². The Labute approximate surface area is 120 Å². The Morgan fingerprint density at radius 2 is 2.05 bits per heavy atom. The zero-order valence-corrected chi connectivity index (χ0v) is 12.9. The molecule has 5 heteroatoms. The number of hydrogen-bond acceptors (Lipinski definition) is 4. The molecule has 0 atom stereocenters. The maximum atomic E-state index is 11.3. The van der Waals surface area contributed by atoms with Crippen LogP contribution < -0.4 is 4.90 Å². The van der Waals surface area contributed by atoms with Crippen LogP contribution in [0.1, 0.15) is 43.7 Å². The van der Waals surface area contributed by atoms with E-state index in [4.69, 9.17) is 4.74 Å². The number of carboxylic acids is 1. The molecule has 0 aliphatic rings. The third kappa shape index (κ3) is 4.20. The third-order valence-electron chi connectivity index (χ3n) is 3.10. The fourth-order valence-electron chi connectivity index (χ4n) is 1.82. The van der Waals surface area contributed by atoms with Crippen molar-refractivity contribution in [2.75, 3.05) is 31.7 Å². The van der Waals surface area contributed by atoms with E-state index >= 15 is 0 Å². The molecule has 0 saturated carbocycles. The van der Waals surface area contributed by atoms with Crippen molar-refractivity contribution in [2.24, 2.45) is 0 Å². The van der Waals surface area contributed by atoms with E-state index in [0.717, 1.165) is 12.2 Å². The second-order valence-electron chi connectivity index (χ2n) is 5.73. The molecule has 1 N–H and O–H groups in total. The van der Waals surface area contributed by atoms with Crippen LogP contribution in [0.25, 0.3) is 0 Å². The zero-order chi connectivity index (χ0) is 15.3. The molecule has 0 unspecified atom stereocenters. The number of carboxylic acid groups (broad SMARTS) is 1. The maximum Gasteiger partial charge on any atom is 0.335 e. The van der Waals surface area contributed by atoms with E-state index in [1.165, 1.54) is 0 Å². The number of likely N-dealkylation sites (N-methyl/N-ethyl adjacent to an activating group) is 1. The summed E-state index contributed by atoms with van der Waals surface area (Å²) in [5.41, 5.74) is 0.861. The largest absolute Gasteiger partial charge is 0.478 e. The molecule has 0 fully saturated rings. The molecular weight excluding hydrogens is 256 g/mol. The quantitative estimate of drug-likeness (QED) is 0.867. The Bertz CT molecular complexity index is 467. The van der Waals surface area contributed by atoms with E-state index in [9.17, 15) is 9.90 Å². The standard InChI is InChI=1S/C15H24N2O3/c1-6-17(7-8-20-5)13-10-11(14(18)19)9-12(16-13)15(2,3)4/h9-10H,6-8H2,1-5H3,(H,18,19). The van der Waals surface area contributed by atoms with E-state index in [-0.39, 0.29) is 11.0 Å². The monoisotopic (exact) mass is 280 g/mol. The number of pyridine rings is 1. The van der Waals surface area contributed by atoms with Crippen LogP contribution in [0.3, 0.4) is 0 Å². The molecule has 1 rings (SSSR count). The first-order valence-corrected chi connectivity index (χ1v) is 6.79. The number of hydrogen-bond donors (Lipinski definition) is 1. The fraction of sp³-hybridized carbons (Fsp3) is 0.600. The number of ether oxygens (including phenoxy) is 1. The van der Waals surface area contributed by atoms with Gasteiger partial charge < -0.3 is 14.7 Å². The lowest BCUT2D eigenvalue weighted by atomic mass is 9.90. The second-order valence-corrected chi connectivity index (χ2v) is 5.73. The summed E-state index contributed by atoms with van der Waals surface area (Å²) in [4.78, 5) is 17.9. The van der Waals surface area contributed by atoms with Gasteiger partial charge in [-0.3, -0.25) is 0 Å². The lowest BCUT2D eigenvalue weighted by molar-refractivity contribution is 0.0696. The minimum absolute atomic E-state index is 0.194. The number of aromatic nitrogens is 1. The van der Waals surface area contributed by atoms with Crippen LogP contribution in [0.15, 0.2) is 12.1 Å². The van der Waals surface area contributed by atoms with Gasteiger partial charge in [-0.25, -0.2) is 9.78 Å². The highest BCUT2D eigenvalue weighted by atomic mass is 16.5. The van der Waals surface area contributed by atoms with Gasteiger partial charge in [0.05, 0.1) is 12.2 Å². The Balaban J connectivity index is 3.23. The predicted molar refractivity (Wildman–Crippen MR) is 79.7 cm³/mol. The van der Waals surface area contributed by atoms with E-state index < -0.39 is 5.97 Å². The van der Waals surface area contributed by atoms with Crippen LogP contribution in [-0.4, -0.2) is 42.9 Å². The van der Waals surface area contributed by atoms with Crippen molar-refractivity contribution < 1.29 is 14.6 Å². The van der Waals surface area contributed by atoms with E-state index in [1.807, 2.05) is 32.6 Å². The summed E-state index contributed by atoms with van der Waals surface area (Å²) in [5.74, 6) is -0.240. The summed E-state index contributed by atoms with van der Waals surface area (Å²) in [5, 5.41) is 9.26. The van der Waals surface area contributed by atoms with Gasteiger partial charge in [0, 0.05) is 31.3 Å². The molecule has 0 aromatic carbocycles. The highest BCUT2D eigenvalue weighted by Gasteiger charge is 2.20. The molecule has 0 radical (unpaired) electrons. The normalized spacial score (nSPS) is 11.4. The zero-order valence-electron chi connectivity index (χ0n) is 12.9. The SMILES string of the molecule is CCN(CCOC)c1cc(C(=O)O)cc(C(C)(C)C)n1.